The van der Waals surface area contributed by atoms with Crippen molar-refractivity contribution in [3.05, 3.63) is 0 Å². The van der Waals surface area contributed by atoms with E-state index in [4.69, 9.17) is 0 Å². The topological polar surface area (TPSA) is 12.0 Å². The minimum Gasteiger partial charge on any atom is -0.316 e. The number of hydrogen-bond donors (Lipinski definition) is 1. The van der Waals surface area contributed by atoms with Crippen molar-refractivity contribution in [2.75, 3.05) is 13.1 Å². The Morgan fingerprint density at radius 1 is 1.36 bits per heavy atom. The van der Waals surface area contributed by atoms with Crippen molar-refractivity contribution in [3.8, 4) is 0 Å². The van der Waals surface area contributed by atoms with E-state index in [0.29, 0.717) is 5.41 Å². The Labute approximate surface area is 68.6 Å². The zero-order chi connectivity index (χ0) is 7.47. The van der Waals surface area contributed by atoms with Gasteiger partial charge in [-0.3, -0.25) is 0 Å². The molecule has 3 fully saturated rings. The minimum atomic E-state index is 0.711. The van der Waals surface area contributed by atoms with Crippen LogP contribution in [0, 0.1) is 23.2 Å². The maximum Gasteiger partial charge on any atom is 0.00112 e. The first-order chi connectivity index (χ1) is 5.31. The van der Waals surface area contributed by atoms with E-state index in [1.807, 2.05) is 0 Å². The molecule has 1 nitrogen and oxygen atoms in total. The van der Waals surface area contributed by atoms with Gasteiger partial charge in [-0.25, -0.2) is 0 Å². The Morgan fingerprint density at radius 3 is 3.09 bits per heavy atom. The maximum absolute atomic E-state index is 3.57. The molecule has 1 N–H and O–H groups in total. The Bertz CT molecular complexity index is 189. The van der Waals surface area contributed by atoms with Crippen LogP contribution in [-0.2, 0) is 0 Å². The molecule has 2 aliphatic carbocycles. The van der Waals surface area contributed by atoms with Crippen molar-refractivity contribution in [1.29, 1.82) is 0 Å². The zero-order valence-electron chi connectivity index (χ0n) is 7.27. The quantitative estimate of drug-likeness (QED) is 0.555. The minimum absolute atomic E-state index is 0.711. The lowest BCUT2D eigenvalue weighted by Crippen LogP contribution is -2.32. The van der Waals surface area contributed by atoms with E-state index in [9.17, 15) is 0 Å². The summed E-state index contributed by atoms with van der Waals surface area (Å²) in [6.07, 6.45) is 4.62. The molecule has 0 radical (unpaired) electrons. The van der Waals surface area contributed by atoms with Crippen LogP contribution in [0.25, 0.3) is 0 Å². The van der Waals surface area contributed by atoms with Crippen LogP contribution in [0.4, 0.5) is 0 Å². The zero-order valence-corrected chi connectivity index (χ0v) is 7.27. The molecule has 3 rings (SSSR count). The third-order valence-electron chi connectivity index (χ3n) is 4.69. The third kappa shape index (κ3) is 0.618. The average Bonchev–Trinajstić information content (AvgIpc) is 2.54. The van der Waals surface area contributed by atoms with Crippen LogP contribution in [0.3, 0.4) is 0 Å². The van der Waals surface area contributed by atoms with E-state index in [1.54, 1.807) is 6.42 Å². The van der Waals surface area contributed by atoms with Gasteiger partial charge < -0.3 is 5.32 Å². The van der Waals surface area contributed by atoms with Gasteiger partial charge in [0.25, 0.3) is 0 Å². The van der Waals surface area contributed by atoms with Crippen LogP contribution < -0.4 is 5.32 Å². The molecule has 0 spiro atoms. The predicted octanol–water partition coefficient (Wildman–Crippen LogP) is 1.64. The van der Waals surface area contributed by atoms with Crippen LogP contribution in [-0.4, -0.2) is 13.1 Å². The molecule has 0 amide bonds. The Balaban J connectivity index is 2.00. The first kappa shape index (κ1) is 6.47. The molecule has 0 aromatic carbocycles. The summed E-state index contributed by atoms with van der Waals surface area (Å²) in [5, 5.41) is 3.57. The molecule has 0 aromatic heterocycles. The van der Waals surface area contributed by atoms with Crippen molar-refractivity contribution < 1.29 is 0 Å². The van der Waals surface area contributed by atoms with E-state index >= 15 is 0 Å². The summed E-state index contributed by atoms with van der Waals surface area (Å²) in [6, 6.07) is 0. The van der Waals surface area contributed by atoms with Gasteiger partial charge in [0, 0.05) is 6.54 Å². The fourth-order valence-electron chi connectivity index (χ4n) is 3.99. The van der Waals surface area contributed by atoms with Crippen molar-refractivity contribution in [2.24, 2.45) is 23.2 Å². The summed E-state index contributed by atoms with van der Waals surface area (Å²) < 4.78 is 0. The van der Waals surface area contributed by atoms with E-state index in [2.05, 4.69) is 12.2 Å². The molecule has 11 heavy (non-hydrogen) atoms. The van der Waals surface area contributed by atoms with Crippen LogP contribution in [0.2, 0.25) is 0 Å². The predicted molar refractivity (Wildman–Crippen MR) is 45.3 cm³/mol. The molecule has 1 heterocycles. The average molecular weight is 151 g/mol. The summed E-state index contributed by atoms with van der Waals surface area (Å²) >= 11 is 0. The second-order valence-electron chi connectivity index (χ2n) is 5.01. The van der Waals surface area contributed by atoms with Crippen molar-refractivity contribution >= 4 is 0 Å². The normalized spacial score (nSPS) is 60.3. The van der Waals surface area contributed by atoms with E-state index in [0.717, 1.165) is 17.8 Å². The van der Waals surface area contributed by atoms with Gasteiger partial charge in [0.15, 0.2) is 0 Å². The summed E-state index contributed by atoms with van der Waals surface area (Å²) in [5.41, 5.74) is 0.711. The van der Waals surface area contributed by atoms with Crippen molar-refractivity contribution in [1.82, 2.24) is 5.32 Å². The van der Waals surface area contributed by atoms with Gasteiger partial charge >= 0.3 is 0 Å². The molecule has 1 aliphatic heterocycles. The molecule has 0 unspecified atom stereocenters. The van der Waals surface area contributed by atoms with Gasteiger partial charge in [-0.05, 0) is 49.0 Å². The molecule has 2 saturated carbocycles. The van der Waals surface area contributed by atoms with Crippen molar-refractivity contribution in [2.45, 2.75) is 26.2 Å². The number of nitrogens with one attached hydrogen (secondary N) is 1. The summed E-state index contributed by atoms with van der Waals surface area (Å²) in [4.78, 5) is 0. The Hall–Kier alpha value is -0.0400. The monoisotopic (exact) mass is 151 g/mol. The number of rotatable bonds is 0. The molecule has 1 heteroatoms. The molecule has 1 saturated heterocycles. The van der Waals surface area contributed by atoms with Crippen LogP contribution >= 0.6 is 0 Å². The molecule has 2 bridgehead atoms. The highest BCUT2D eigenvalue weighted by Crippen LogP contribution is 2.60. The molecular formula is C10H17N. The number of fused-ring (bicyclic) bond motifs is 5. The van der Waals surface area contributed by atoms with Gasteiger partial charge in [0.1, 0.15) is 0 Å². The Kier molecular flexibility index (Phi) is 1.07. The maximum atomic E-state index is 3.57. The van der Waals surface area contributed by atoms with Gasteiger partial charge in [-0.15, -0.1) is 0 Å². The lowest BCUT2D eigenvalue weighted by Gasteiger charge is -2.34. The van der Waals surface area contributed by atoms with E-state index < -0.39 is 0 Å². The molecule has 4 atom stereocenters. The lowest BCUT2D eigenvalue weighted by atomic mass is 9.70. The van der Waals surface area contributed by atoms with Gasteiger partial charge in [0.2, 0.25) is 0 Å². The largest absolute Gasteiger partial charge is 0.316 e. The summed E-state index contributed by atoms with van der Waals surface area (Å²) in [5.74, 6) is 3.22. The van der Waals surface area contributed by atoms with Gasteiger partial charge in [-0.2, -0.15) is 0 Å². The number of hydrogen-bond acceptors (Lipinski definition) is 1. The van der Waals surface area contributed by atoms with Gasteiger partial charge in [-0.1, -0.05) is 6.92 Å². The van der Waals surface area contributed by atoms with Crippen LogP contribution in [0.15, 0.2) is 0 Å². The highest BCUT2D eigenvalue weighted by molar-refractivity contribution is 5.08. The highest BCUT2D eigenvalue weighted by atomic mass is 15.0. The first-order valence-electron chi connectivity index (χ1n) is 5.01. The summed E-state index contributed by atoms with van der Waals surface area (Å²) in [7, 11) is 0. The molecular weight excluding hydrogens is 134 g/mol. The summed E-state index contributed by atoms with van der Waals surface area (Å²) in [6.45, 7) is 5.14. The second-order valence-corrected chi connectivity index (χ2v) is 5.01. The van der Waals surface area contributed by atoms with Gasteiger partial charge in [0.05, 0.1) is 0 Å². The first-order valence-corrected chi connectivity index (χ1v) is 5.01. The van der Waals surface area contributed by atoms with E-state index in [-0.39, 0.29) is 0 Å². The fourth-order valence-corrected chi connectivity index (χ4v) is 3.99. The molecule has 62 valence electrons. The molecule has 0 aromatic rings. The smallest absolute Gasteiger partial charge is 0.00112 e. The fraction of sp³-hybridized carbons (Fsp3) is 1.00. The second kappa shape index (κ2) is 1.82. The highest BCUT2D eigenvalue weighted by Gasteiger charge is 2.56. The van der Waals surface area contributed by atoms with Crippen LogP contribution in [0.1, 0.15) is 26.2 Å². The standard InChI is InChI=1S/C10H17N/c1-10-6-11-5-9(10)7-2-3-8(10)4-7/h7-9,11H,2-6H2,1H3/t7-,8-,9-,10-/m0/s1. The Morgan fingerprint density at radius 2 is 2.27 bits per heavy atom. The SMILES string of the molecule is C[C@@]12CNC[C@H]1[C@H]1CC[C@H]2C1. The lowest BCUT2D eigenvalue weighted by molar-refractivity contribution is 0.156. The van der Waals surface area contributed by atoms with Crippen molar-refractivity contribution in [3.63, 3.8) is 0 Å². The third-order valence-corrected chi connectivity index (χ3v) is 4.69. The van der Waals surface area contributed by atoms with Crippen LogP contribution in [0.5, 0.6) is 0 Å². The molecule has 3 aliphatic rings. The van der Waals surface area contributed by atoms with E-state index in [1.165, 1.54) is 25.9 Å².